The van der Waals surface area contributed by atoms with Gasteiger partial charge < -0.3 is 10.4 Å². The zero-order valence-corrected chi connectivity index (χ0v) is 12.4. The number of aliphatic hydroxyl groups excluding tert-OH is 1. The molecule has 2 rings (SSSR count). The van der Waals surface area contributed by atoms with Crippen LogP contribution in [0.5, 0.6) is 0 Å². The Morgan fingerprint density at radius 3 is 2.64 bits per heavy atom. The number of hydrogen-bond donors (Lipinski definition) is 2. The van der Waals surface area contributed by atoms with Gasteiger partial charge in [-0.05, 0) is 6.07 Å². The third kappa shape index (κ3) is 3.52. The molecule has 1 aromatic carbocycles. The molecule has 0 aliphatic carbocycles. The monoisotopic (exact) mass is 335 g/mol. The normalized spacial score (nSPS) is 18.2. The summed E-state index contributed by atoms with van der Waals surface area (Å²) >= 11 is 6.00. The molecule has 1 aliphatic heterocycles. The van der Waals surface area contributed by atoms with E-state index in [0.717, 1.165) is 12.1 Å². The third-order valence-corrected chi connectivity index (χ3v) is 3.96. The lowest BCUT2D eigenvalue weighted by Crippen LogP contribution is -2.51. The van der Waals surface area contributed by atoms with Crippen LogP contribution in [-0.2, 0) is 0 Å². The highest BCUT2D eigenvalue weighted by molar-refractivity contribution is 6.31. The summed E-state index contributed by atoms with van der Waals surface area (Å²) in [7, 11) is 0. The SMILES string of the molecule is O=[N+]([O-])c1ccc(Cl)c([C@@H](N2CCNCC2)C(F)(F)CO)c1. The van der Waals surface area contributed by atoms with E-state index < -0.39 is 23.5 Å². The fourth-order valence-electron chi connectivity index (χ4n) is 2.57. The predicted octanol–water partition coefficient (Wildman–Crippen LogP) is 1.82. The molecule has 0 unspecified atom stereocenters. The van der Waals surface area contributed by atoms with Crippen LogP contribution < -0.4 is 5.32 Å². The van der Waals surface area contributed by atoms with Gasteiger partial charge in [0.15, 0.2) is 0 Å². The molecule has 122 valence electrons. The Morgan fingerprint density at radius 2 is 2.09 bits per heavy atom. The van der Waals surface area contributed by atoms with Crippen molar-refractivity contribution in [1.82, 2.24) is 10.2 Å². The highest BCUT2D eigenvalue weighted by Crippen LogP contribution is 2.40. The van der Waals surface area contributed by atoms with Gasteiger partial charge in [0.25, 0.3) is 11.6 Å². The number of halogens is 3. The fraction of sp³-hybridized carbons (Fsp3) is 0.538. The Bertz CT molecular complexity index is 553. The van der Waals surface area contributed by atoms with Crippen LogP contribution >= 0.6 is 11.6 Å². The summed E-state index contributed by atoms with van der Waals surface area (Å²) in [5, 5.41) is 23.0. The molecule has 0 saturated carbocycles. The van der Waals surface area contributed by atoms with Gasteiger partial charge in [0.1, 0.15) is 12.6 Å². The zero-order chi connectivity index (χ0) is 16.3. The summed E-state index contributed by atoms with van der Waals surface area (Å²) in [6, 6.07) is 1.94. The molecule has 0 amide bonds. The van der Waals surface area contributed by atoms with E-state index in [1.165, 1.54) is 11.0 Å². The van der Waals surface area contributed by atoms with Gasteiger partial charge in [0, 0.05) is 48.9 Å². The molecular weight excluding hydrogens is 320 g/mol. The van der Waals surface area contributed by atoms with Gasteiger partial charge in [-0.3, -0.25) is 15.0 Å². The molecule has 0 bridgehead atoms. The Labute approximate surface area is 130 Å². The van der Waals surface area contributed by atoms with E-state index in [2.05, 4.69) is 5.32 Å². The summed E-state index contributed by atoms with van der Waals surface area (Å²) in [5.74, 6) is -3.46. The van der Waals surface area contributed by atoms with Crippen molar-refractivity contribution in [2.24, 2.45) is 0 Å². The highest BCUT2D eigenvalue weighted by atomic mass is 35.5. The van der Waals surface area contributed by atoms with E-state index in [9.17, 15) is 18.9 Å². The van der Waals surface area contributed by atoms with Crippen LogP contribution in [0.2, 0.25) is 5.02 Å². The second-order valence-corrected chi connectivity index (χ2v) is 5.48. The molecule has 1 fully saturated rings. The van der Waals surface area contributed by atoms with Crippen molar-refractivity contribution in [2.75, 3.05) is 32.8 Å². The van der Waals surface area contributed by atoms with Crippen LogP contribution in [0.4, 0.5) is 14.5 Å². The Kier molecular flexibility index (Phi) is 5.28. The summed E-state index contributed by atoms with van der Waals surface area (Å²) in [5.41, 5.74) is -0.356. The molecule has 2 N–H and O–H groups in total. The van der Waals surface area contributed by atoms with Crippen LogP contribution in [0, 0.1) is 10.1 Å². The van der Waals surface area contributed by atoms with Crippen LogP contribution in [-0.4, -0.2) is 53.6 Å². The standard InChI is InChI=1S/C13H16ClF2N3O3/c14-11-2-1-9(19(21)22)7-10(11)12(13(15,16)8-20)18-5-3-17-4-6-18/h1-2,7,12,17,20H,3-6,8H2/t12-/m1/s1. The minimum absolute atomic E-state index is 0.0160. The summed E-state index contributed by atoms with van der Waals surface area (Å²) in [6.45, 7) is 0.342. The highest BCUT2D eigenvalue weighted by Gasteiger charge is 2.45. The molecule has 1 saturated heterocycles. The van der Waals surface area contributed by atoms with Gasteiger partial charge in [-0.15, -0.1) is 0 Å². The largest absolute Gasteiger partial charge is 0.390 e. The number of rotatable bonds is 5. The van der Waals surface area contributed by atoms with E-state index in [1.807, 2.05) is 0 Å². The van der Waals surface area contributed by atoms with Gasteiger partial charge in [0.2, 0.25) is 0 Å². The number of nitrogens with zero attached hydrogens (tertiary/aromatic N) is 2. The van der Waals surface area contributed by atoms with Crippen molar-refractivity contribution in [3.8, 4) is 0 Å². The summed E-state index contributed by atoms with van der Waals surface area (Å²) < 4.78 is 28.5. The van der Waals surface area contributed by atoms with Crippen molar-refractivity contribution in [3.63, 3.8) is 0 Å². The number of benzene rings is 1. The van der Waals surface area contributed by atoms with Crippen molar-refractivity contribution in [2.45, 2.75) is 12.0 Å². The third-order valence-electron chi connectivity index (χ3n) is 3.61. The maximum atomic E-state index is 14.3. The van der Waals surface area contributed by atoms with Crippen molar-refractivity contribution in [1.29, 1.82) is 0 Å². The number of nitro benzene ring substituents is 1. The van der Waals surface area contributed by atoms with Gasteiger partial charge in [-0.25, -0.2) is 8.78 Å². The molecule has 6 nitrogen and oxygen atoms in total. The van der Waals surface area contributed by atoms with Crippen LogP contribution in [0.15, 0.2) is 18.2 Å². The number of alkyl halides is 2. The average molecular weight is 336 g/mol. The molecule has 0 radical (unpaired) electrons. The first-order valence-corrected chi connectivity index (χ1v) is 7.12. The number of nitro groups is 1. The summed E-state index contributed by atoms with van der Waals surface area (Å²) in [6.07, 6.45) is 0. The zero-order valence-electron chi connectivity index (χ0n) is 11.6. The smallest absolute Gasteiger partial charge is 0.289 e. The second kappa shape index (κ2) is 6.82. The van der Waals surface area contributed by atoms with Crippen molar-refractivity contribution in [3.05, 3.63) is 38.9 Å². The van der Waals surface area contributed by atoms with Crippen LogP contribution in [0.3, 0.4) is 0 Å². The topological polar surface area (TPSA) is 78.6 Å². The van der Waals surface area contributed by atoms with Crippen molar-refractivity contribution < 1.29 is 18.8 Å². The summed E-state index contributed by atoms with van der Waals surface area (Å²) in [4.78, 5) is 11.7. The van der Waals surface area contributed by atoms with Crippen molar-refractivity contribution >= 4 is 17.3 Å². The number of non-ortho nitro benzene ring substituents is 1. The minimum Gasteiger partial charge on any atom is -0.390 e. The molecule has 1 heterocycles. The van der Waals surface area contributed by atoms with E-state index >= 15 is 0 Å². The van der Waals surface area contributed by atoms with Gasteiger partial charge in [-0.2, -0.15) is 0 Å². The molecule has 22 heavy (non-hydrogen) atoms. The van der Waals surface area contributed by atoms with Gasteiger partial charge in [-0.1, -0.05) is 11.6 Å². The van der Waals surface area contributed by atoms with E-state index in [1.54, 1.807) is 0 Å². The maximum absolute atomic E-state index is 14.3. The minimum atomic E-state index is -3.46. The molecule has 1 atom stereocenters. The molecular formula is C13H16ClF2N3O3. The second-order valence-electron chi connectivity index (χ2n) is 5.07. The first-order valence-electron chi connectivity index (χ1n) is 6.74. The number of aliphatic hydroxyl groups is 1. The number of nitrogens with one attached hydrogen (secondary N) is 1. The van der Waals surface area contributed by atoms with Crippen LogP contribution in [0.1, 0.15) is 11.6 Å². The lowest BCUT2D eigenvalue weighted by Gasteiger charge is -2.39. The maximum Gasteiger partial charge on any atom is 0.289 e. The Balaban J connectivity index is 2.48. The number of piperazine rings is 1. The van der Waals surface area contributed by atoms with E-state index in [0.29, 0.717) is 26.2 Å². The lowest BCUT2D eigenvalue weighted by atomic mass is 9.97. The molecule has 1 aliphatic rings. The number of hydrogen-bond acceptors (Lipinski definition) is 5. The Morgan fingerprint density at radius 1 is 1.45 bits per heavy atom. The first kappa shape index (κ1) is 17.0. The predicted molar refractivity (Wildman–Crippen MR) is 77.3 cm³/mol. The molecule has 1 aromatic rings. The van der Waals surface area contributed by atoms with Crippen LogP contribution in [0.25, 0.3) is 0 Å². The molecule has 0 aromatic heterocycles. The quantitative estimate of drug-likeness (QED) is 0.634. The first-order chi connectivity index (χ1) is 10.4. The van der Waals surface area contributed by atoms with Gasteiger partial charge in [0.05, 0.1) is 4.92 Å². The van der Waals surface area contributed by atoms with Gasteiger partial charge >= 0.3 is 0 Å². The van der Waals surface area contributed by atoms with E-state index in [-0.39, 0.29) is 16.3 Å². The average Bonchev–Trinajstić information content (AvgIpc) is 2.50. The fourth-order valence-corrected chi connectivity index (χ4v) is 2.79. The van der Waals surface area contributed by atoms with E-state index in [4.69, 9.17) is 16.7 Å². The molecule has 9 heteroatoms. The molecule has 0 spiro atoms. The Hall–Kier alpha value is -1.35. The lowest BCUT2D eigenvalue weighted by molar-refractivity contribution is -0.385.